The molecule has 4 nitrogen and oxygen atoms in total. The molecule has 0 spiro atoms. The highest BCUT2D eigenvalue weighted by Gasteiger charge is 2.32. The maximum Gasteiger partial charge on any atom is 0.248 e. The zero-order valence-corrected chi connectivity index (χ0v) is 21.3. The normalized spacial score (nSPS) is 18.9. The molecular weight excluding hydrogens is 463 g/mol. The van der Waals surface area contributed by atoms with Gasteiger partial charge in [0.05, 0.1) is 18.1 Å². The Balaban J connectivity index is 1.67. The van der Waals surface area contributed by atoms with E-state index in [1.807, 2.05) is 37.8 Å². The molecule has 36 heavy (non-hydrogen) atoms. The summed E-state index contributed by atoms with van der Waals surface area (Å²) < 4.78 is 42.3. The van der Waals surface area contributed by atoms with Gasteiger partial charge in [0.1, 0.15) is 0 Å². The van der Waals surface area contributed by atoms with Gasteiger partial charge in [0.25, 0.3) is 0 Å². The fraction of sp³-hybridized carbons (Fsp3) is 0.310. The Morgan fingerprint density at radius 1 is 1.14 bits per heavy atom. The predicted molar refractivity (Wildman–Crippen MR) is 138 cm³/mol. The molecule has 1 heterocycles. The largest absolute Gasteiger partial charge is 0.330 e. The van der Waals surface area contributed by atoms with Crippen molar-refractivity contribution in [3.8, 4) is 0 Å². The number of anilines is 1. The molecule has 1 aromatic heterocycles. The van der Waals surface area contributed by atoms with Crippen LogP contribution in [0.1, 0.15) is 53.5 Å². The Bertz CT molecular complexity index is 1260. The molecule has 0 saturated carbocycles. The lowest BCUT2D eigenvalue weighted by Crippen LogP contribution is -2.25. The van der Waals surface area contributed by atoms with Gasteiger partial charge in [0, 0.05) is 18.5 Å². The molecule has 1 N–H and O–H groups in total. The van der Waals surface area contributed by atoms with Crippen molar-refractivity contribution in [2.75, 3.05) is 5.32 Å². The molecule has 1 aromatic carbocycles. The van der Waals surface area contributed by atoms with E-state index in [2.05, 4.69) is 47.8 Å². The first-order chi connectivity index (χ1) is 17.0. The monoisotopic (exact) mass is 495 g/mol. The van der Waals surface area contributed by atoms with Gasteiger partial charge < -0.3 is 9.88 Å². The highest BCUT2D eigenvalue weighted by atomic mass is 19.2. The first kappa shape index (κ1) is 27.0. The van der Waals surface area contributed by atoms with Gasteiger partial charge in [-0.1, -0.05) is 49.8 Å². The molecule has 0 aliphatic heterocycles. The van der Waals surface area contributed by atoms with Crippen LogP contribution in [0.4, 0.5) is 18.9 Å². The lowest BCUT2D eigenvalue weighted by molar-refractivity contribution is -0.112. The molecule has 1 unspecified atom stereocenters. The van der Waals surface area contributed by atoms with Gasteiger partial charge >= 0.3 is 0 Å². The van der Waals surface area contributed by atoms with Crippen molar-refractivity contribution in [2.45, 2.75) is 53.5 Å². The van der Waals surface area contributed by atoms with E-state index in [4.69, 9.17) is 0 Å². The zero-order valence-electron chi connectivity index (χ0n) is 21.3. The number of imidazole rings is 1. The molecule has 0 fully saturated rings. The minimum absolute atomic E-state index is 0.0768. The van der Waals surface area contributed by atoms with Crippen LogP contribution in [0.25, 0.3) is 0 Å². The maximum atomic E-state index is 13.7. The van der Waals surface area contributed by atoms with Crippen molar-refractivity contribution in [3.63, 3.8) is 0 Å². The van der Waals surface area contributed by atoms with Crippen LogP contribution in [0.3, 0.4) is 0 Å². The number of aromatic nitrogens is 2. The summed E-state index contributed by atoms with van der Waals surface area (Å²) in [5.74, 6) is -5.01. The van der Waals surface area contributed by atoms with Crippen LogP contribution < -0.4 is 5.32 Å². The van der Waals surface area contributed by atoms with Crippen LogP contribution in [0, 0.1) is 22.9 Å². The SMILES string of the molecule is CC1=C(/C=C/C(C)=C/C=C/C(C)=C/C(=O)Nc2ccc(F)c(F)c2F)C(C)(C)CCC1n1ccnc1. The lowest BCUT2D eigenvalue weighted by Gasteiger charge is -2.37. The second kappa shape index (κ2) is 11.4. The van der Waals surface area contributed by atoms with Crippen molar-refractivity contribution in [3.05, 3.63) is 107 Å². The summed E-state index contributed by atoms with van der Waals surface area (Å²) in [7, 11) is 0. The second-order valence-corrected chi connectivity index (χ2v) is 9.75. The van der Waals surface area contributed by atoms with Crippen LogP contribution in [0.5, 0.6) is 0 Å². The third-order valence-corrected chi connectivity index (χ3v) is 6.46. The number of carbonyl (C=O) groups excluding carboxylic acids is 1. The zero-order chi connectivity index (χ0) is 26.5. The Hall–Kier alpha value is -3.61. The van der Waals surface area contributed by atoms with E-state index in [0.717, 1.165) is 30.5 Å². The van der Waals surface area contributed by atoms with E-state index in [9.17, 15) is 18.0 Å². The summed E-state index contributed by atoms with van der Waals surface area (Å²) in [5, 5.41) is 2.22. The number of hydrogen-bond donors (Lipinski definition) is 1. The Morgan fingerprint density at radius 3 is 2.58 bits per heavy atom. The van der Waals surface area contributed by atoms with Gasteiger partial charge in [-0.3, -0.25) is 4.79 Å². The Morgan fingerprint density at radius 2 is 1.89 bits per heavy atom. The highest BCUT2D eigenvalue weighted by molar-refractivity contribution is 6.00. The molecule has 3 rings (SSSR count). The Kier molecular flexibility index (Phi) is 8.56. The summed E-state index contributed by atoms with van der Waals surface area (Å²) in [5.41, 5.74) is 3.96. The van der Waals surface area contributed by atoms with Gasteiger partial charge in [-0.25, -0.2) is 18.2 Å². The minimum Gasteiger partial charge on any atom is -0.330 e. The third-order valence-electron chi connectivity index (χ3n) is 6.46. The van der Waals surface area contributed by atoms with Gasteiger partial charge in [-0.15, -0.1) is 0 Å². The molecule has 0 bridgehead atoms. The number of hydrogen-bond acceptors (Lipinski definition) is 2. The van der Waals surface area contributed by atoms with Crippen molar-refractivity contribution in [2.24, 2.45) is 5.41 Å². The third kappa shape index (κ3) is 6.53. The lowest BCUT2D eigenvalue weighted by atomic mass is 9.71. The average molecular weight is 496 g/mol. The molecular formula is C29H32F3N3O. The number of allylic oxidation sites excluding steroid dienone is 9. The molecule has 0 radical (unpaired) electrons. The van der Waals surface area contributed by atoms with E-state index in [0.29, 0.717) is 11.6 Å². The van der Waals surface area contributed by atoms with E-state index in [-0.39, 0.29) is 5.41 Å². The topological polar surface area (TPSA) is 46.9 Å². The molecule has 2 aromatic rings. The Labute approximate surface area is 210 Å². The first-order valence-electron chi connectivity index (χ1n) is 11.8. The summed E-state index contributed by atoms with van der Waals surface area (Å²) in [6.07, 6.45) is 18.9. The average Bonchev–Trinajstić information content (AvgIpc) is 3.33. The van der Waals surface area contributed by atoms with Crippen LogP contribution in [0.15, 0.2) is 89.6 Å². The van der Waals surface area contributed by atoms with Crippen LogP contribution in [0.2, 0.25) is 0 Å². The maximum absolute atomic E-state index is 13.7. The van der Waals surface area contributed by atoms with Gasteiger partial charge in [-0.2, -0.15) is 0 Å². The second-order valence-electron chi connectivity index (χ2n) is 9.75. The highest BCUT2D eigenvalue weighted by Crippen LogP contribution is 2.45. The quantitative estimate of drug-likeness (QED) is 0.244. The molecule has 1 amide bonds. The van der Waals surface area contributed by atoms with E-state index < -0.39 is 29.0 Å². The fourth-order valence-corrected chi connectivity index (χ4v) is 4.41. The number of carbonyl (C=O) groups is 1. The molecule has 1 aliphatic carbocycles. The minimum atomic E-state index is -1.62. The van der Waals surface area contributed by atoms with Gasteiger partial charge in [0.15, 0.2) is 17.5 Å². The molecule has 1 aliphatic rings. The van der Waals surface area contributed by atoms with E-state index in [1.54, 1.807) is 13.0 Å². The summed E-state index contributed by atoms with van der Waals surface area (Å²) >= 11 is 0. The molecule has 0 saturated heterocycles. The smallest absolute Gasteiger partial charge is 0.248 e. The predicted octanol–water partition coefficient (Wildman–Crippen LogP) is 7.62. The van der Waals surface area contributed by atoms with Crippen LogP contribution in [-0.4, -0.2) is 15.5 Å². The first-order valence-corrected chi connectivity index (χ1v) is 11.8. The van der Waals surface area contributed by atoms with Crippen LogP contribution in [-0.2, 0) is 4.79 Å². The van der Waals surface area contributed by atoms with Crippen molar-refractivity contribution < 1.29 is 18.0 Å². The van der Waals surface area contributed by atoms with E-state index >= 15 is 0 Å². The number of nitrogens with one attached hydrogen (secondary N) is 1. The van der Waals surface area contributed by atoms with Gasteiger partial charge in [-0.05, 0) is 67.9 Å². The number of benzene rings is 1. The number of halogens is 3. The molecule has 7 heteroatoms. The van der Waals surface area contributed by atoms with Crippen molar-refractivity contribution in [1.29, 1.82) is 0 Å². The number of rotatable bonds is 7. The van der Waals surface area contributed by atoms with Crippen molar-refractivity contribution >= 4 is 11.6 Å². The number of nitrogens with zero attached hydrogens (tertiary/aromatic N) is 2. The number of amides is 1. The van der Waals surface area contributed by atoms with Gasteiger partial charge in [0.2, 0.25) is 5.91 Å². The molecule has 190 valence electrons. The van der Waals surface area contributed by atoms with Crippen molar-refractivity contribution in [1.82, 2.24) is 9.55 Å². The summed E-state index contributed by atoms with van der Waals surface area (Å²) in [6, 6.07) is 2.05. The van der Waals surface area contributed by atoms with Crippen LogP contribution >= 0.6 is 0 Å². The summed E-state index contributed by atoms with van der Waals surface area (Å²) in [6.45, 7) is 10.4. The molecule has 1 atom stereocenters. The standard InChI is InChI=1S/C29H32F3N3O/c1-19(9-10-22-21(3)25(13-14-29(22,4)5)35-16-15-33-18-35)7-6-8-20(2)17-26(36)34-24-12-11-23(30)27(31)28(24)32/h6-12,15-18,25H,13-14H2,1-5H3,(H,34,36)/b8-6+,10-9+,19-7+,20-17+. The fourth-order valence-electron chi connectivity index (χ4n) is 4.41. The van der Waals surface area contributed by atoms with E-state index in [1.165, 1.54) is 17.2 Å². The summed E-state index contributed by atoms with van der Waals surface area (Å²) in [4.78, 5) is 16.3.